The van der Waals surface area contributed by atoms with E-state index in [9.17, 15) is 0 Å². The van der Waals surface area contributed by atoms with E-state index in [0.717, 1.165) is 17.4 Å². The van der Waals surface area contributed by atoms with Crippen LogP contribution in [0.4, 0.5) is 5.82 Å². The molecular weight excluding hydrogens is 381 g/mol. The van der Waals surface area contributed by atoms with Gasteiger partial charge in [0, 0.05) is 18.2 Å². The highest BCUT2D eigenvalue weighted by Gasteiger charge is 2.23. The van der Waals surface area contributed by atoms with Gasteiger partial charge in [-0.3, -0.25) is 0 Å². The van der Waals surface area contributed by atoms with E-state index in [2.05, 4.69) is 46.7 Å². The Balaban J connectivity index is 2.21. The number of nitrogens with one attached hydrogen (secondary N) is 1. The SMILES string of the molecule is CCC(C)SCc1nc(NC)c(I)c(C2CCCC2)n1. The monoisotopic (exact) mass is 405 g/mol. The molecule has 1 aliphatic carbocycles. The van der Waals surface area contributed by atoms with Crippen molar-refractivity contribution < 1.29 is 0 Å². The summed E-state index contributed by atoms with van der Waals surface area (Å²) in [5, 5.41) is 3.91. The van der Waals surface area contributed by atoms with Crippen molar-refractivity contribution in [1.29, 1.82) is 0 Å². The molecule has 3 nitrogen and oxygen atoms in total. The van der Waals surface area contributed by atoms with E-state index in [1.807, 2.05) is 18.8 Å². The number of aromatic nitrogens is 2. The lowest BCUT2D eigenvalue weighted by Crippen LogP contribution is -2.10. The lowest BCUT2D eigenvalue weighted by atomic mass is 10.0. The molecule has 112 valence electrons. The predicted octanol–water partition coefficient (Wildman–Crippen LogP) is 4.81. The van der Waals surface area contributed by atoms with Crippen molar-refractivity contribution in [2.45, 2.75) is 62.9 Å². The van der Waals surface area contributed by atoms with Crippen LogP contribution in [-0.2, 0) is 5.75 Å². The molecule has 0 amide bonds. The molecule has 1 saturated carbocycles. The van der Waals surface area contributed by atoms with Crippen molar-refractivity contribution in [3.63, 3.8) is 0 Å². The fourth-order valence-electron chi connectivity index (χ4n) is 2.55. The van der Waals surface area contributed by atoms with Gasteiger partial charge in [0.05, 0.1) is 15.0 Å². The molecule has 0 saturated heterocycles. The topological polar surface area (TPSA) is 37.8 Å². The molecule has 1 aromatic heterocycles. The molecule has 1 aromatic rings. The van der Waals surface area contributed by atoms with Crippen LogP contribution in [0.2, 0.25) is 0 Å². The van der Waals surface area contributed by atoms with Gasteiger partial charge in [-0.05, 0) is 41.9 Å². The van der Waals surface area contributed by atoms with Crippen molar-refractivity contribution in [3.8, 4) is 0 Å². The Morgan fingerprint density at radius 1 is 1.35 bits per heavy atom. The molecule has 1 heterocycles. The third-order valence-corrected chi connectivity index (χ3v) is 6.36. The average Bonchev–Trinajstić information content (AvgIpc) is 2.99. The van der Waals surface area contributed by atoms with E-state index < -0.39 is 0 Å². The lowest BCUT2D eigenvalue weighted by molar-refractivity contribution is 0.683. The van der Waals surface area contributed by atoms with Gasteiger partial charge >= 0.3 is 0 Å². The maximum Gasteiger partial charge on any atom is 0.143 e. The normalized spacial score (nSPS) is 17.4. The average molecular weight is 405 g/mol. The molecular formula is C15H24IN3S. The summed E-state index contributed by atoms with van der Waals surface area (Å²) >= 11 is 4.35. The minimum absolute atomic E-state index is 0.643. The van der Waals surface area contributed by atoms with Gasteiger partial charge in [0.25, 0.3) is 0 Å². The molecule has 0 aliphatic heterocycles. The van der Waals surface area contributed by atoms with Crippen LogP contribution >= 0.6 is 34.4 Å². The first-order chi connectivity index (χ1) is 9.65. The molecule has 0 radical (unpaired) electrons. The third kappa shape index (κ3) is 4.00. The van der Waals surface area contributed by atoms with Crippen molar-refractivity contribution in [1.82, 2.24) is 9.97 Å². The Kier molecular flexibility index (Phi) is 6.39. The summed E-state index contributed by atoms with van der Waals surface area (Å²) in [6.07, 6.45) is 6.46. The molecule has 0 spiro atoms. The molecule has 1 unspecified atom stereocenters. The Morgan fingerprint density at radius 2 is 2.05 bits per heavy atom. The first kappa shape index (κ1) is 16.3. The van der Waals surface area contributed by atoms with E-state index in [1.54, 1.807) is 0 Å². The highest BCUT2D eigenvalue weighted by molar-refractivity contribution is 14.1. The van der Waals surface area contributed by atoms with E-state index >= 15 is 0 Å². The minimum atomic E-state index is 0.643. The Morgan fingerprint density at radius 3 is 2.65 bits per heavy atom. The van der Waals surface area contributed by atoms with Crippen LogP contribution in [0.3, 0.4) is 0 Å². The highest BCUT2D eigenvalue weighted by Crippen LogP contribution is 2.37. The van der Waals surface area contributed by atoms with Gasteiger partial charge in [-0.15, -0.1) is 0 Å². The second-order valence-electron chi connectivity index (χ2n) is 5.45. The zero-order valence-corrected chi connectivity index (χ0v) is 15.6. The van der Waals surface area contributed by atoms with Crippen molar-refractivity contribution in [2.75, 3.05) is 12.4 Å². The summed E-state index contributed by atoms with van der Waals surface area (Å²) in [7, 11) is 1.95. The zero-order chi connectivity index (χ0) is 14.5. The summed E-state index contributed by atoms with van der Waals surface area (Å²) < 4.78 is 1.22. The molecule has 1 aliphatic rings. The minimum Gasteiger partial charge on any atom is -0.372 e. The van der Waals surface area contributed by atoms with Crippen LogP contribution in [0.25, 0.3) is 0 Å². The van der Waals surface area contributed by atoms with Crippen LogP contribution in [0, 0.1) is 3.57 Å². The molecule has 20 heavy (non-hydrogen) atoms. The summed E-state index contributed by atoms with van der Waals surface area (Å²) in [6, 6.07) is 0. The zero-order valence-electron chi connectivity index (χ0n) is 12.6. The van der Waals surface area contributed by atoms with E-state index in [-0.39, 0.29) is 0 Å². The smallest absolute Gasteiger partial charge is 0.143 e. The van der Waals surface area contributed by atoms with Crippen LogP contribution in [0.1, 0.15) is 63.4 Å². The second-order valence-corrected chi connectivity index (χ2v) is 7.95. The Labute approximate surface area is 140 Å². The number of thioether (sulfide) groups is 1. The van der Waals surface area contributed by atoms with Gasteiger partial charge in [0.2, 0.25) is 0 Å². The highest BCUT2D eigenvalue weighted by atomic mass is 127. The fraction of sp³-hybridized carbons (Fsp3) is 0.733. The second kappa shape index (κ2) is 7.82. The molecule has 1 fully saturated rings. The quantitative estimate of drug-likeness (QED) is 0.690. The number of rotatable bonds is 6. The van der Waals surface area contributed by atoms with Crippen LogP contribution in [-0.4, -0.2) is 22.3 Å². The van der Waals surface area contributed by atoms with E-state index in [0.29, 0.717) is 11.2 Å². The number of halogens is 1. The summed E-state index contributed by atoms with van der Waals surface area (Å²) in [5.41, 5.74) is 1.28. The summed E-state index contributed by atoms with van der Waals surface area (Å²) in [4.78, 5) is 9.57. The number of nitrogens with zero attached hydrogens (tertiary/aromatic N) is 2. The van der Waals surface area contributed by atoms with Crippen LogP contribution < -0.4 is 5.32 Å². The van der Waals surface area contributed by atoms with Crippen LogP contribution in [0.15, 0.2) is 0 Å². The number of hydrogen-bond donors (Lipinski definition) is 1. The molecule has 1 N–H and O–H groups in total. The summed E-state index contributed by atoms with van der Waals surface area (Å²) in [5.74, 6) is 3.55. The lowest BCUT2D eigenvalue weighted by Gasteiger charge is -2.16. The van der Waals surface area contributed by atoms with E-state index in [1.165, 1.54) is 41.4 Å². The Hall–Kier alpha value is -0.0400. The third-order valence-electron chi connectivity index (χ3n) is 3.97. The van der Waals surface area contributed by atoms with Gasteiger partial charge in [0.1, 0.15) is 11.6 Å². The molecule has 1 atom stereocenters. The van der Waals surface area contributed by atoms with Crippen molar-refractivity contribution in [2.24, 2.45) is 0 Å². The molecule has 0 aromatic carbocycles. The van der Waals surface area contributed by atoms with E-state index in [4.69, 9.17) is 4.98 Å². The van der Waals surface area contributed by atoms with Gasteiger partial charge in [-0.1, -0.05) is 26.7 Å². The maximum absolute atomic E-state index is 4.89. The van der Waals surface area contributed by atoms with Gasteiger partial charge < -0.3 is 5.32 Å². The molecule has 2 rings (SSSR count). The standard InChI is InChI=1S/C15H24IN3S/c1-4-10(2)20-9-12-18-14(11-7-5-6-8-11)13(16)15(17-3)19-12/h10-11H,4-9H2,1-3H3,(H,17,18,19). The first-order valence-electron chi connectivity index (χ1n) is 7.51. The van der Waals surface area contributed by atoms with Gasteiger partial charge in [-0.2, -0.15) is 11.8 Å². The molecule has 0 bridgehead atoms. The van der Waals surface area contributed by atoms with Crippen LogP contribution in [0.5, 0.6) is 0 Å². The number of anilines is 1. The first-order valence-corrected chi connectivity index (χ1v) is 9.64. The largest absolute Gasteiger partial charge is 0.372 e. The van der Waals surface area contributed by atoms with Crippen molar-refractivity contribution >= 4 is 40.2 Å². The molecule has 5 heteroatoms. The van der Waals surface area contributed by atoms with Crippen molar-refractivity contribution in [3.05, 3.63) is 15.1 Å². The van der Waals surface area contributed by atoms with Gasteiger partial charge in [-0.25, -0.2) is 9.97 Å². The maximum atomic E-state index is 4.89. The summed E-state index contributed by atoms with van der Waals surface area (Å²) in [6.45, 7) is 4.50. The Bertz CT molecular complexity index is 447. The van der Waals surface area contributed by atoms with Gasteiger partial charge in [0.15, 0.2) is 0 Å². The fourth-order valence-corrected chi connectivity index (χ4v) is 4.30. The predicted molar refractivity (Wildman–Crippen MR) is 96.6 cm³/mol. The number of hydrogen-bond acceptors (Lipinski definition) is 4.